The summed E-state index contributed by atoms with van der Waals surface area (Å²) in [7, 11) is 0.511. The van der Waals surface area contributed by atoms with E-state index in [9.17, 15) is 9.00 Å². The monoisotopic (exact) mass is 612 g/mol. The summed E-state index contributed by atoms with van der Waals surface area (Å²) in [6.07, 6.45) is 8.52. The normalized spacial score (nSPS) is 14.7. The van der Waals surface area contributed by atoms with E-state index in [1.54, 1.807) is 35.8 Å². The standard InChI is InChI=1S/C28H34N6O4S2.C2H6/c1-17-24(21-8-7-20(40(6)36)13-22(21)37-5)25-23(39-17)15-29-26(32-25)31-18-14-30-34(16-18)19-9-11-33(12-10-19)27(35)38-28(2,3)4;1-2/h7-8,13-16,19H,9-12H2,1-6H3,(H,29,31,32);1-2H3. The molecule has 4 heterocycles. The molecular formula is C30H40N6O4S2. The number of benzene rings is 1. The molecule has 1 fully saturated rings. The van der Waals surface area contributed by atoms with Crippen molar-refractivity contribution in [3.8, 4) is 16.9 Å². The molecule has 5 rings (SSSR count). The first kappa shape index (κ1) is 31.4. The highest BCUT2D eigenvalue weighted by molar-refractivity contribution is 7.84. The highest BCUT2D eigenvalue weighted by Crippen LogP contribution is 2.42. The van der Waals surface area contributed by atoms with Crippen molar-refractivity contribution < 1.29 is 18.5 Å². The predicted molar refractivity (Wildman–Crippen MR) is 169 cm³/mol. The van der Waals surface area contributed by atoms with Crippen molar-refractivity contribution in [2.45, 2.75) is 70.9 Å². The SMILES string of the molecule is CC.COc1cc(S(C)=O)ccc1-c1c(C)sc2cnc(Nc3cnn(C4CCN(C(=O)OC(C)(C)C)CC4)c3)nc12. The van der Waals surface area contributed by atoms with E-state index in [1.165, 1.54) is 0 Å². The minimum atomic E-state index is -1.11. The van der Waals surface area contributed by atoms with E-state index >= 15 is 0 Å². The maximum Gasteiger partial charge on any atom is 0.410 e. The number of aryl methyl sites for hydroxylation is 1. The molecule has 1 aliphatic rings. The van der Waals surface area contributed by atoms with Crippen LogP contribution in [0.3, 0.4) is 0 Å². The van der Waals surface area contributed by atoms with Crippen molar-refractivity contribution in [2.24, 2.45) is 0 Å². The average Bonchev–Trinajstić information content (AvgIpc) is 3.56. The molecule has 0 bridgehead atoms. The fraction of sp³-hybridized carbons (Fsp3) is 0.467. The van der Waals surface area contributed by atoms with Crippen molar-refractivity contribution in [1.29, 1.82) is 0 Å². The van der Waals surface area contributed by atoms with Crippen LogP contribution in [0.4, 0.5) is 16.4 Å². The molecule has 12 heteroatoms. The Morgan fingerprint density at radius 3 is 2.52 bits per heavy atom. The van der Waals surface area contributed by atoms with E-state index in [1.807, 2.05) is 69.9 Å². The summed E-state index contributed by atoms with van der Waals surface area (Å²) in [5.41, 5.74) is 2.98. The van der Waals surface area contributed by atoms with Crippen LogP contribution in [0.5, 0.6) is 5.75 Å². The third-order valence-corrected chi connectivity index (χ3v) is 8.68. The van der Waals surface area contributed by atoms with Crippen LogP contribution in [-0.2, 0) is 15.5 Å². The van der Waals surface area contributed by atoms with Crippen LogP contribution in [0, 0.1) is 6.92 Å². The molecule has 3 aromatic heterocycles. The van der Waals surface area contributed by atoms with Gasteiger partial charge in [0.1, 0.15) is 11.4 Å². The van der Waals surface area contributed by atoms with Crippen molar-refractivity contribution in [2.75, 3.05) is 31.8 Å². The van der Waals surface area contributed by atoms with Crippen molar-refractivity contribution >= 4 is 50.1 Å². The summed E-state index contributed by atoms with van der Waals surface area (Å²) in [6, 6.07) is 5.82. The number of thiophene rings is 1. The maximum absolute atomic E-state index is 12.4. The van der Waals surface area contributed by atoms with Crippen LogP contribution in [0.15, 0.2) is 41.7 Å². The van der Waals surface area contributed by atoms with Gasteiger partial charge in [-0.2, -0.15) is 5.10 Å². The van der Waals surface area contributed by atoms with E-state index in [2.05, 4.69) is 22.3 Å². The molecule has 226 valence electrons. The van der Waals surface area contributed by atoms with Crippen LogP contribution in [0.1, 0.15) is 58.4 Å². The third kappa shape index (κ3) is 7.09. The minimum Gasteiger partial charge on any atom is -0.496 e. The number of anilines is 2. The molecule has 1 unspecified atom stereocenters. The van der Waals surface area contributed by atoms with E-state index in [-0.39, 0.29) is 12.1 Å². The lowest BCUT2D eigenvalue weighted by Gasteiger charge is -2.33. The van der Waals surface area contributed by atoms with Crippen molar-refractivity contribution in [3.05, 3.63) is 41.7 Å². The number of methoxy groups -OCH3 is 1. The van der Waals surface area contributed by atoms with Gasteiger partial charge < -0.3 is 19.7 Å². The number of hydrogen-bond donors (Lipinski definition) is 1. The summed E-state index contributed by atoms with van der Waals surface area (Å²) in [4.78, 5) is 25.3. The fourth-order valence-electron chi connectivity index (χ4n) is 4.81. The van der Waals surface area contributed by atoms with Crippen LogP contribution in [0.2, 0.25) is 0 Å². The van der Waals surface area contributed by atoms with Gasteiger partial charge >= 0.3 is 6.09 Å². The number of amides is 1. The van der Waals surface area contributed by atoms with Crippen LogP contribution in [0.25, 0.3) is 21.3 Å². The van der Waals surface area contributed by atoms with E-state index in [0.717, 1.165) is 44.7 Å². The van der Waals surface area contributed by atoms with Gasteiger partial charge in [0.25, 0.3) is 0 Å². The first-order valence-corrected chi connectivity index (χ1v) is 16.5. The Bertz CT molecular complexity index is 1570. The lowest BCUT2D eigenvalue weighted by molar-refractivity contribution is 0.0184. The molecule has 10 nitrogen and oxygen atoms in total. The lowest BCUT2D eigenvalue weighted by Crippen LogP contribution is -2.42. The lowest BCUT2D eigenvalue weighted by atomic mass is 10.0. The van der Waals surface area contributed by atoms with Gasteiger partial charge in [-0.05, 0) is 58.7 Å². The molecule has 42 heavy (non-hydrogen) atoms. The summed E-state index contributed by atoms with van der Waals surface area (Å²) >= 11 is 1.62. The molecule has 0 radical (unpaired) electrons. The number of likely N-dealkylation sites (tertiary alicyclic amines) is 1. The van der Waals surface area contributed by atoms with E-state index in [4.69, 9.17) is 14.5 Å². The molecule has 0 spiro atoms. The summed E-state index contributed by atoms with van der Waals surface area (Å²) in [5, 5.41) is 7.86. The first-order valence-electron chi connectivity index (χ1n) is 14.1. The van der Waals surface area contributed by atoms with Crippen molar-refractivity contribution in [3.63, 3.8) is 0 Å². The summed E-state index contributed by atoms with van der Waals surface area (Å²) in [6.45, 7) is 12.9. The van der Waals surface area contributed by atoms with Crippen LogP contribution >= 0.6 is 11.3 Å². The highest BCUT2D eigenvalue weighted by Gasteiger charge is 2.28. The maximum atomic E-state index is 12.4. The fourth-order valence-corrected chi connectivity index (χ4v) is 6.33. The number of ether oxygens (including phenoxy) is 2. The van der Waals surface area contributed by atoms with Crippen LogP contribution < -0.4 is 10.1 Å². The number of piperidine rings is 1. The van der Waals surface area contributed by atoms with Gasteiger partial charge in [0, 0.05) is 57.2 Å². The Morgan fingerprint density at radius 1 is 1.17 bits per heavy atom. The molecule has 4 aromatic rings. The summed E-state index contributed by atoms with van der Waals surface area (Å²) in [5.74, 6) is 1.12. The Labute approximate surface area is 253 Å². The Kier molecular flexibility index (Phi) is 9.88. The molecule has 1 N–H and O–H groups in total. The zero-order valence-electron chi connectivity index (χ0n) is 25.6. The molecule has 0 aliphatic carbocycles. The third-order valence-electron chi connectivity index (χ3n) is 6.73. The molecule has 1 aliphatic heterocycles. The van der Waals surface area contributed by atoms with Gasteiger partial charge in [-0.1, -0.05) is 13.8 Å². The minimum absolute atomic E-state index is 0.191. The van der Waals surface area contributed by atoms with Gasteiger partial charge in [-0.3, -0.25) is 8.89 Å². The zero-order valence-corrected chi connectivity index (χ0v) is 27.2. The number of fused-ring (bicyclic) bond motifs is 1. The molecule has 1 aromatic carbocycles. The highest BCUT2D eigenvalue weighted by atomic mass is 32.2. The molecule has 1 saturated heterocycles. The van der Waals surface area contributed by atoms with E-state index in [0.29, 0.717) is 29.7 Å². The van der Waals surface area contributed by atoms with E-state index < -0.39 is 16.4 Å². The number of carbonyl (C=O) groups is 1. The average molecular weight is 613 g/mol. The van der Waals surface area contributed by atoms with Crippen LogP contribution in [-0.4, -0.2) is 67.0 Å². The largest absolute Gasteiger partial charge is 0.496 e. The smallest absolute Gasteiger partial charge is 0.410 e. The number of aromatic nitrogens is 4. The number of carbonyl (C=O) groups excluding carboxylic acids is 1. The Morgan fingerprint density at radius 2 is 1.88 bits per heavy atom. The zero-order chi connectivity index (χ0) is 30.6. The second-order valence-corrected chi connectivity index (χ2v) is 13.4. The van der Waals surface area contributed by atoms with Crippen molar-refractivity contribution in [1.82, 2.24) is 24.6 Å². The van der Waals surface area contributed by atoms with Gasteiger partial charge in [0.05, 0.1) is 41.4 Å². The first-order chi connectivity index (χ1) is 20.0. The Hall–Kier alpha value is -3.51. The quantitative estimate of drug-likeness (QED) is 0.249. The number of nitrogens with one attached hydrogen (secondary N) is 1. The van der Waals surface area contributed by atoms with Gasteiger partial charge in [-0.25, -0.2) is 14.8 Å². The molecular weight excluding hydrogens is 573 g/mol. The Balaban J connectivity index is 0.00000198. The number of hydrogen-bond acceptors (Lipinski definition) is 9. The molecule has 1 amide bonds. The second-order valence-electron chi connectivity index (χ2n) is 10.8. The second kappa shape index (κ2) is 13.2. The summed E-state index contributed by atoms with van der Waals surface area (Å²) < 4.78 is 26.1. The number of nitrogens with zero attached hydrogens (tertiary/aromatic N) is 5. The topological polar surface area (TPSA) is 111 Å². The van der Waals surface area contributed by atoms with Gasteiger partial charge in [0.2, 0.25) is 5.95 Å². The van der Waals surface area contributed by atoms with Gasteiger partial charge in [0.15, 0.2) is 0 Å². The van der Waals surface area contributed by atoms with Gasteiger partial charge in [-0.15, -0.1) is 11.3 Å². The molecule has 1 atom stereocenters. The number of rotatable bonds is 6. The predicted octanol–water partition coefficient (Wildman–Crippen LogP) is 6.95. The molecule has 0 saturated carbocycles.